The van der Waals surface area contributed by atoms with Gasteiger partial charge in [-0.2, -0.15) is 4.98 Å². The molecule has 1 aliphatic carbocycles. The second-order valence-corrected chi connectivity index (χ2v) is 7.61. The summed E-state index contributed by atoms with van der Waals surface area (Å²) in [5.41, 5.74) is 6.85. The highest BCUT2D eigenvalue weighted by atomic mass is 16.3. The second kappa shape index (κ2) is 7.67. The molecule has 150 valence electrons. The summed E-state index contributed by atoms with van der Waals surface area (Å²) in [6.07, 6.45) is 8.47. The van der Waals surface area contributed by atoms with Gasteiger partial charge in [0.05, 0.1) is 5.56 Å². The van der Waals surface area contributed by atoms with Gasteiger partial charge in [-0.1, -0.05) is 6.92 Å². The number of anilines is 2. The number of rotatable bonds is 5. The standard InChI is InChI=1S/C20H24N8O/c1-12-13(11-29)5-6-20(12,2)28-17-14(16-22-7-3-8-23-16)15(26-19(21)27-17)18-24-9-4-10-25-18/h3-4,7-10,12-13,29H,5-6,11H2,1-2H3,(H3,21,26,27,28). The molecule has 0 radical (unpaired) electrons. The van der Waals surface area contributed by atoms with Crippen LogP contribution in [0.5, 0.6) is 0 Å². The molecule has 4 rings (SSSR count). The van der Waals surface area contributed by atoms with Gasteiger partial charge in [-0.05, 0) is 43.7 Å². The molecule has 4 N–H and O–H groups in total. The van der Waals surface area contributed by atoms with E-state index >= 15 is 0 Å². The number of hydrogen-bond donors (Lipinski definition) is 3. The van der Waals surface area contributed by atoms with E-state index in [1.54, 1.807) is 36.9 Å². The topological polar surface area (TPSA) is 136 Å². The van der Waals surface area contributed by atoms with Gasteiger partial charge in [0.1, 0.15) is 11.5 Å². The van der Waals surface area contributed by atoms with Crippen LogP contribution in [0.1, 0.15) is 26.7 Å². The molecule has 3 heterocycles. The monoisotopic (exact) mass is 392 g/mol. The summed E-state index contributed by atoms with van der Waals surface area (Å²) < 4.78 is 0. The van der Waals surface area contributed by atoms with Gasteiger partial charge in [0.15, 0.2) is 11.6 Å². The molecule has 0 amide bonds. The van der Waals surface area contributed by atoms with E-state index in [0.717, 1.165) is 12.8 Å². The van der Waals surface area contributed by atoms with Gasteiger partial charge in [0, 0.05) is 36.9 Å². The van der Waals surface area contributed by atoms with Crippen LogP contribution in [-0.2, 0) is 0 Å². The van der Waals surface area contributed by atoms with Crippen molar-refractivity contribution in [2.75, 3.05) is 17.7 Å². The van der Waals surface area contributed by atoms with E-state index in [-0.39, 0.29) is 29.9 Å². The highest BCUT2D eigenvalue weighted by molar-refractivity contribution is 5.84. The summed E-state index contributed by atoms with van der Waals surface area (Å²) in [4.78, 5) is 26.4. The van der Waals surface area contributed by atoms with Gasteiger partial charge in [0.25, 0.3) is 0 Å². The number of nitrogens with one attached hydrogen (secondary N) is 1. The van der Waals surface area contributed by atoms with Crippen molar-refractivity contribution in [3.05, 3.63) is 36.9 Å². The number of nitrogen functional groups attached to an aromatic ring is 1. The summed E-state index contributed by atoms with van der Waals surface area (Å²) in [6.45, 7) is 4.45. The molecule has 9 nitrogen and oxygen atoms in total. The third kappa shape index (κ3) is 3.61. The molecule has 1 aliphatic rings. The van der Waals surface area contributed by atoms with E-state index in [4.69, 9.17) is 5.73 Å². The fourth-order valence-electron chi connectivity index (χ4n) is 3.97. The Morgan fingerprint density at radius 1 is 1.07 bits per heavy atom. The molecule has 3 unspecified atom stereocenters. The van der Waals surface area contributed by atoms with Crippen LogP contribution in [0.2, 0.25) is 0 Å². The molecular weight excluding hydrogens is 368 g/mol. The molecule has 9 heteroatoms. The lowest BCUT2D eigenvalue weighted by molar-refractivity contribution is 0.187. The van der Waals surface area contributed by atoms with Crippen molar-refractivity contribution in [1.82, 2.24) is 29.9 Å². The van der Waals surface area contributed by atoms with Crippen molar-refractivity contribution in [2.45, 2.75) is 32.2 Å². The van der Waals surface area contributed by atoms with Crippen LogP contribution >= 0.6 is 0 Å². The van der Waals surface area contributed by atoms with Crippen LogP contribution in [0.15, 0.2) is 36.9 Å². The Labute approximate surface area is 168 Å². The Hall–Kier alpha value is -3.20. The lowest BCUT2D eigenvalue weighted by Crippen LogP contribution is -2.40. The van der Waals surface area contributed by atoms with Crippen molar-refractivity contribution in [2.24, 2.45) is 11.8 Å². The number of nitrogens with two attached hydrogens (primary N) is 1. The quantitative estimate of drug-likeness (QED) is 0.597. The van der Waals surface area contributed by atoms with E-state index < -0.39 is 0 Å². The molecule has 1 fully saturated rings. The minimum Gasteiger partial charge on any atom is -0.396 e. The number of hydrogen-bond acceptors (Lipinski definition) is 9. The first-order valence-electron chi connectivity index (χ1n) is 9.63. The smallest absolute Gasteiger partial charge is 0.222 e. The van der Waals surface area contributed by atoms with Crippen molar-refractivity contribution in [1.29, 1.82) is 0 Å². The van der Waals surface area contributed by atoms with Crippen molar-refractivity contribution < 1.29 is 5.11 Å². The number of nitrogens with zero attached hydrogens (tertiary/aromatic N) is 6. The maximum Gasteiger partial charge on any atom is 0.222 e. The predicted molar refractivity (Wildman–Crippen MR) is 109 cm³/mol. The van der Waals surface area contributed by atoms with Gasteiger partial charge < -0.3 is 16.2 Å². The zero-order valence-corrected chi connectivity index (χ0v) is 16.4. The summed E-state index contributed by atoms with van der Waals surface area (Å²) in [5.74, 6) is 2.02. The molecule has 3 atom stereocenters. The maximum atomic E-state index is 9.69. The molecule has 1 saturated carbocycles. The zero-order chi connectivity index (χ0) is 20.4. The van der Waals surface area contributed by atoms with Gasteiger partial charge in [-0.3, -0.25) is 0 Å². The van der Waals surface area contributed by atoms with Crippen molar-refractivity contribution in [3.63, 3.8) is 0 Å². The van der Waals surface area contributed by atoms with Crippen molar-refractivity contribution in [3.8, 4) is 22.9 Å². The summed E-state index contributed by atoms with van der Waals surface area (Å²) in [7, 11) is 0. The SMILES string of the molecule is CC1C(CO)CCC1(C)Nc1nc(N)nc(-c2ncccn2)c1-c1ncccn1. The number of aromatic nitrogens is 6. The van der Waals surface area contributed by atoms with E-state index in [1.807, 2.05) is 0 Å². The van der Waals surface area contributed by atoms with Gasteiger partial charge in [-0.25, -0.2) is 24.9 Å². The third-order valence-electron chi connectivity index (χ3n) is 5.88. The second-order valence-electron chi connectivity index (χ2n) is 7.61. The van der Waals surface area contributed by atoms with Crippen LogP contribution in [0.25, 0.3) is 22.9 Å². The molecule has 3 aromatic heterocycles. The van der Waals surface area contributed by atoms with Crippen LogP contribution < -0.4 is 11.1 Å². The van der Waals surface area contributed by atoms with Crippen molar-refractivity contribution >= 4 is 11.8 Å². The summed E-state index contributed by atoms with van der Waals surface area (Å²) >= 11 is 0. The average Bonchev–Trinajstić information content (AvgIpc) is 3.02. The Balaban J connectivity index is 1.87. The Morgan fingerprint density at radius 3 is 2.28 bits per heavy atom. The summed E-state index contributed by atoms with van der Waals surface area (Å²) in [5, 5.41) is 13.3. The fraction of sp³-hybridized carbons (Fsp3) is 0.400. The van der Waals surface area contributed by atoms with Gasteiger partial charge >= 0.3 is 0 Å². The zero-order valence-electron chi connectivity index (χ0n) is 16.4. The average molecular weight is 392 g/mol. The molecule has 0 saturated heterocycles. The molecule has 3 aromatic rings. The Morgan fingerprint density at radius 2 is 1.69 bits per heavy atom. The summed E-state index contributed by atoms with van der Waals surface area (Å²) in [6, 6.07) is 3.49. The van der Waals surface area contributed by atoms with Crippen LogP contribution in [0.3, 0.4) is 0 Å². The Bertz CT molecular complexity index is 985. The minimum absolute atomic E-state index is 0.114. The largest absolute Gasteiger partial charge is 0.396 e. The van der Waals surface area contributed by atoms with Gasteiger partial charge in [-0.15, -0.1) is 0 Å². The maximum absolute atomic E-state index is 9.69. The molecule has 0 bridgehead atoms. The van der Waals surface area contributed by atoms with Gasteiger partial charge in [0.2, 0.25) is 5.95 Å². The first kappa shape index (κ1) is 19.1. The molecule has 0 aliphatic heterocycles. The Kier molecular flexibility index (Phi) is 5.06. The van der Waals surface area contributed by atoms with E-state index in [0.29, 0.717) is 28.7 Å². The lowest BCUT2D eigenvalue weighted by Gasteiger charge is -2.33. The predicted octanol–water partition coefficient (Wildman–Crippen LogP) is 2.18. The third-order valence-corrected chi connectivity index (χ3v) is 5.88. The van der Waals surface area contributed by atoms with Crippen LogP contribution in [0.4, 0.5) is 11.8 Å². The number of aliphatic hydroxyl groups excluding tert-OH is 1. The highest BCUT2D eigenvalue weighted by Gasteiger charge is 2.43. The van der Waals surface area contributed by atoms with E-state index in [9.17, 15) is 5.11 Å². The molecule has 29 heavy (non-hydrogen) atoms. The van der Waals surface area contributed by atoms with E-state index in [1.165, 1.54) is 0 Å². The fourth-order valence-corrected chi connectivity index (χ4v) is 3.97. The van der Waals surface area contributed by atoms with Crippen LogP contribution in [-0.4, -0.2) is 47.2 Å². The molecule has 0 aromatic carbocycles. The molecule has 0 spiro atoms. The highest BCUT2D eigenvalue weighted by Crippen LogP contribution is 2.43. The lowest BCUT2D eigenvalue weighted by atomic mass is 9.86. The first-order valence-corrected chi connectivity index (χ1v) is 9.63. The molecular formula is C20H24N8O. The van der Waals surface area contributed by atoms with E-state index in [2.05, 4.69) is 49.1 Å². The number of aliphatic hydroxyl groups is 1. The first-order chi connectivity index (χ1) is 14.0. The normalized spacial score (nSPS) is 23.8. The minimum atomic E-state index is -0.271. The van der Waals surface area contributed by atoms with Crippen LogP contribution in [0, 0.1) is 11.8 Å².